The summed E-state index contributed by atoms with van der Waals surface area (Å²) in [5, 5.41) is 4.67. The number of rotatable bonds is 3. The van der Waals surface area contributed by atoms with Crippen molar-refractivity contribution in [1.82, 2.24) is 5.32 Å². The van der Waals surface area contributed by atoms with E-state index in [1.54, 1.807) is 0 Å². The van der Waals surface area contributed by atoms with E-state index in [0.717, 1.165) is 22.9 Å². The standard InChI is InChI=1S/C15H20ClN/c1-10(13-4-2-3-5-14(13)16)17-15-9-11-6-7-12(15)8-11/h2-5,10-12,15,17H,6-9H2,1H3. The lowest BCUT2D eigenvalue weighted by Crippen LogP contribution is -2.35. The lowest BCUT2D eigenvalue weighted by Gasteiger charge is -2.27. The van der Waals surface area contributed by atoms with Crippen molar-refractivity contribution in [2.24, 2.45) is 11.8 Å². The maximum Gasteiger partial charge on any atom is 0.0453 e. The van der Waals surface area contributed by atoms with Crippen molar-refractivity contribution in [3.05, 3.63) is 34.9 Å². The molecule has 1 aromatic rings. The van der Waals surface area contributed by atoms with Crippen molar-refractivity contribution >= 4 is 11.6 Å². The van der Waals surface area contributed by atoms with Crippen LogP contribution in [0.3, 0.4) is 0 Å². The van der Waals surface area contributed by atoms with Crippen LogP contribution >= 0.6 is 11.6 Å². The number of hydrogen-bond donors (Lipinski definition) is 1. The monoisotopic (exact) mass is 249 g/mol. The van der Waals surface area contributed by atoms with Crippen LogP contribution in [-0.4, -0.2) is 6.04 Å². The van der Waals surface area contributed by atoms with Gasteiger partial charge in [-0.25, -0.2) is 0 Å². The largest absolute Gasteiger partial charge is 0.307 e. The summed E-state index contributed by atoms with van der Waals surface area (Å²) in [6.45, 7) is 2.23. The number of benzene rings is 1. The average Bonchev–Trinajstić information content (AvgIpc) is 2.91. The van der Waals surface area contributed by atoms with Crippen LogP contribution in [0.15, 0.2) is 24.3 Å². The van der Waals surface area contributed by atoms with Gasteiger partial charge >= 0.3 is 0 Å². The summed E-state index contributed by atoms with van der Waals surface area (Å²) in [5.41, 5.74) is 1.23. The minimum atomic E-state index is 0.369. The molecule has 2 aliphatic rings. The van der Waals surface area contributed by atoms with E-state index >= 15 is 0 Å². The van der Waals surface area contributed by atoms with Crippen LogP contribution in [0.1, 0.15) is 44.2 Å². The molecule has 1 aromatic carbocycles. The average molecular weight is 250 g/mol. The van der Waals surface area contributed by atoms with Crippen LogP contribution in [0.2, 0.25) is 5.02 Å². The minimum absolute atomic E-state index is 0.369. The van der Waals surface area contributed by atoms with E-state index in [9.17, 15) is 0 Å². The molecular weight excluding hydrogens is 230 g/mol. The van der Waals surface area contributed by atoms with E-state index in [1.165, 1.54) is 31.2 Å². The van der Waals surface area contributed by atoms with Gasteiger partial charge in [-0.2, -0.15) is 0 Å². The fraction of sp³-hybridized carbons (Fsp3) is 0.600. The third kappa shape index (κ3) is 2.23. The van der Waals surface area contributed by atoms with Gasteiger partial charge in [0.15, 0.2) is 0 Å². The molecule has 0 amide bonds. The molecular formula is C15H20ClN. The highest BCUT2D eigenvalue weighted by atomic mass is 35.5. The van der Waals surface area contributed by atoms with E-state index in [1.807, 2.05) is 12.1 Å². The molecule has 1 nitrogen and oxygen atoms in total. The zero-order valence-electron chi connectivity index (χ0n) is 10.3. The molecule has 3 rings (SSSR count). The van der Waals surface area contributed by atoms with Gasteiger partial charge in [0.1, 0.15) is 0 Å². The highest BCUT2D eigenvalue weighted by Crippen LogP contribution is 2.45. The molecule has 2 bridgehead atoms. The number of fused-ring (bicyclic) bond motifs is 2. The normalized spacial score (nSPS) is 32.9. The Hall–Kier alpha value is -0.530. The van der Waals surface area contributed by atoms with Gasteiger partial charge in [0, 0.05) is 17.1 Å². The summed E-state index contributed by atoms with van der Waals surface area (Å²) in [6.07, 6.45) is 5.72. The molecule has 2 saturated carbocycles. The Morgan fingerprint density at radius 3 is 2.71 bits per heavy atom. The number of halogens is 1. The van der Waals surface area contributed by atoms with Crippen molar-refractivity contribution < 1.29 is 0 Å². The van der Waals surface area contributed by atoms with E-state index < -0.39 is 0 Å². The first-order valence-electron chi connectivity index (χ1n) is 6.74. The molecule has 0 radical (unpaired) electrons. The summed E-state index contributed by atoms with van der Waals surface area (Å²) in [5.74, 6) is 1.92. The molecule has 92 valence electrons. The van der Waals surface area contributed by atoms with E-state index in [2.05, 4.69) is 24.4 Å². The molecule has 0 aromatic heterocycles. The van der Waals surface area contributed by atoms with Gasteiger partial charge in [0.25, 0.3) is 0 Å². The smallest absolute Gasteiger partial charge is 0.0453 e. The maximum absolute atomic E-state index is 6.24. The molecule has 4 atom stereocenters. The van der Waals surface area contributed by atoms with Crippen LogP contribution in [0, 0.1) is 11.8 Å². The maximum atomic E-state index is 6.24. The summed E-state index contributed by atoms with van der Waals surface area (Å²) in [7, 11) is 0. The van der Waals surface area contributed by atoms with E-state index in [0.29, 0.717) is 6.04 Å². The van der Waals surface area contributed by atoms with Gasteiger partial charge in [-0.05, 0) is 49.7 Å². The zero-order valence-corrected chi connectivity index (χ0v) is 11.1. The second kappa shape index (κ2) is 4.62. The SMILES string of the molecule is CC(NC1CC2CCC1C2)c1ccccc1Cl. The first kappa shape index (κ1) is 11.6. The Morgan fingerprint density at radius 1 is 1.24 bits per heavy atom. The molecule has 17 heavy (non-hydrogen) atoms. The molecule has 2 fully saturated rings. The fourth-order valence-corrected chi connectivity index (χ4v) is 3.99. The van der Waals surface area contributed by atoms with Crippen LogP contribution in [0.25, 0.3) is 0 Å². The van der Waals surface area contributed by atoms with Crippen molar-refractivity contribution in [2.75, 3.05) is 0 Å². The first-order valence-corrected chi connectivity index (χ1v) is 7.12. The van der Waals surface area contributed by atoms with Gasteiger partial charge in [0.2, 0.25) is 0 Å². The van der Waals surface area contributed by atoms with Crippen LogP contribution in [-0.2, 0) is 0 Å². The molecule has 0 aliphatic heterocycles. The van der Waals surface area contributed by atoms with Crippen LogP contribution in [0.4, 0.5) is 0 Å². The lowest BCUT2D eigenvalue weighted by atomic mass is 9.94. The van der Waals surface area contributed by atoms with Crippen molar-refractivity contribution in [3.8, 4) is 0 Å². The van der Waals surface area contributed by atoms with Crippen LogP contribution < -0.4 is 5.32 Å². The molecule has 2 heteroatoms. The number of hydrogen-bond acceptors (Lipinski definition) is 1. The Morgan fingerprint density at radius 2 is 2.06 bits per heavy atom. The minimum Gasteiger partial charge on any atom is -0.307 e. The predicted octanol–water partition coefficient (Wildman–Crippen LogP) is 4.18. The van der Waals surface area contributed by atoms with Crippen molar-refractivity contribution in [1.29, 1.82) is 0 Å². The van der Waals surface area contributed by atoms with Gasteiger partial charge in [0.05, 0.1) is 0 Å². The first-order chi connectivity index (χ1) is 8.24. The molecule has 1 N–H and O–H groups in total. The van der Waals surface area contributed by atoms with Gasteiger partial charge in [-0.3, -0.25) is 0 Å². The third-order valence-corrected chi connectivity index (χ3v) is 4.92. The van der Waals surface area contributed by atoms with Crippen LogP contribution in [0.5, 0.6) is 0 Å². The quantitative estimate of drug-likeness (QED) is 0.848. The number of nitrogens with one attached hydrogen (secondary N) is 1. The molecule has 0 spiro atoms. The van der Waals surface area contributed by atoms with Gasteiger partial charge in [-0.1, -0.05) is 36.2 Å². The summed E-state index contributed by atoms with van der Waals surface area (Å²) in [6, 6.07) is 9.27. The second-order valence-electron chi connectivity index (χ2n) is 5.69. The Labute approximate surface area is 109 Å². The lowest BCUT2D eigenvalue weighted by molar-refractivity contribution is 0.327. The highest BCUT2D eigenvalue weighted by molar-refractivity contribution is 6.31. The summed E-state index contributed by atoms with van der Waals surface area (Å²) >= 11 is 6.24. The van der Waals surface area contributed by atoms with Crippen molar-refractivity contribution in [2.45, 2.75) is 44.7 Å². The Kier molecular flexibility index (Phi) is 3.14. The van der Waals surface area contributed by atoms with Crippen molar-refractivity contribution in [3.63, 3.8) is 0 Å². The molecule has 0 saturated heterocycles. The Balaban J connectivity index is 1.68. The van der Waals surface area contributed by atoms with Gasteiger partial charge in [-0.15, -0.1) is 0 Å². The Bertz CT molecular complexity index is 404. The van der Waals surface area contributed by atoms with E-state index in [-0.39, 0.29) is 0 Å². The summed E-state index contributed by atoms with van der Waals surface area (Å²) in [4.78, 5) is 0. The molecule has 2 aliphatic carbocycles. The van der Waals surface area contributed by atoms with Gasteiger partial charge < -0.3 is 5.32 Å². The molecule has 0 heterocycles. The zero-order chi connectivity index (χ0) is 11.8. The predicted molar refractivity (Wildman–Crippen MR) is 72.2 cm³/mol. The topological polar surface area (TPSA) is 12.0 Å². The highest BCUT2D eigenvalue weighted by Gasteiger charge is 2.39. The van der Waals surface area contributed by atoms with E-state index in [4.69, 9.17) is 11.6 Å². The fourth-order valence-electron chi connectivity index (χ4n) is 3.69. The molecule has 4 unspecified atom stereocenters. The third-order valence-electron chi connectivity index (χ3n) is 4.57. The summed E-state index contributed by atoms with van der Waals surface area (Å²) < 4.78 is 0. The second-order valence-corrected chi connectivity index (χ2v) is 6.10.